The minimum Gasteiger partial charge on any atom is -0.542 e. The molecule has 0 fully saturated rings. The van der Waals surface area contributed by atoms with Crippen LogP contribution in [0, 0.1) is 0 Å². The van der Waals surface area contributed by atoms with Crippen LogP contribution in [0.4, 0.5) is 24.7 Å². The van der Waals surface area contributed by atoms with Gasteiger partial charge in [-0.15, -0.1) is 0 Å². The number of pyridine rings is 1. The van der Waals surface area contributed by atoms with E-state index in [4.69, 9.17) is 9.90 Å². The summed E-state index contributed by atoms with van der Waals surface area (Å²) in [6.07, 6.45) is -0.377. The Labute approximate surface area is 241 Å². The third kappa shape index (κ3) is 5.77. The molecule has 9 heteroatoms. The van der Waals surface area contributed by atoms with Gasteiger partial charge in [-0.3, -0.25) is 4.90 Å². The maximum Gasteiger partial charge on any atom is 0.430 e. The van der Waals surface area contributed by atoms with Crippen LogP contribution in [0.3, 0.4) is 0 Å². The van der Waals surface area contributed by atoms with Crippen LogP contribution in [0.2, 0.25) is 0 Å². The van der Waals surface area contributed by atoms with E-state index in [9.17, 15) is 13.2 Å². The van der Waals surface area contributed by atoms with Crippen molar-refractivity contribution in [2.75, 3.05) is 29.4 Å². The van der Waals surface area contributed by atoms with E-state index in [2.05, 4.69) is 113 Å². The highest BCUT2D eigenvalue weighted by Gasteiger charge is 2.31. The topological polar surface area (TPSA) is 50.5 Å². The van der Waals surface area contributed by atoms with Crippen LogP contribution < -0.4 is 19.5 Å². The maximum absolute atomic E-state index is 10.5. The second-order valence-corrected chi connectivity index (χ2v) is 10.8. The van der Waals surface area contributed by atoms with Crippen LogP contribution in [0.1, 0.15) is 31.4 Å². The fourth-order valence-electron chi connectivity index (χ4n) is 5.39. The fraction of sp³-hybridized carbons (Fsp3) is 0.250. The minimum absolute atomic E-state index is 0.966. The van der Waals surface area contributed by atoms with Crippen molar-refractivity contribution in [1.29, 1.82) is 0 Å². The highest BCUT2D eigenvalue weighted by Crippen LogP contribution is 2.50. The van der Waals surface area contributed by atoms with E-state index in [1.807, 2.05) is 11.8 Å². The lowest BCUT2D eigenvalue weighted by atomic mass is 10.0. The summed E-state index contributed by atoms with van der Waals surface area (Å²) in [6.45, 7) is 7.51. The van der Waals surface area contributed by atoms with E-state index in [1.54, 1.807) is 0 Å². The van der Waals surface area contributed by atoms with Crippen LogP contribution in [0.15, 0.2) is 88.8 Å². The van der Waals surface area contributed by atoms with Crippen molar-refractivity contribution in [3.63, 3.8) is 0 Å². The van der Waals surface area contributed by atoms with Crippen molar-refractivity contribution in [2.24, 2.45) is 0 Å². The molecule has 0 aliphatic carbocycles. The third-order valence-electron chi connectivity index (χ3n) is 7.24. The fourth-order valence-corrected chi connectivity index (χ4v) is 6.58. The molecule has 212 valence electrons. The van der Waals surface area contributed by atoms with Crippen molar-refractivity contribution in [2.45, 2.75) is 37.8 Å². The number of carboxylic acids is 1. The Morgan fingerprint density at radius 3 is 2.39 bits per heavy atom. The quantitative estimate of drug-likeness (QED) is 0.268. The van der Waals surface area contributed by atoms with Gasteiger partial charge in [0.15, 0.2) is 0 Å². The monoisotopic (exact) mass is 577 g/mol. The molecule has 0 spiro atoms. The first kappa shape index (κ1) is 28.5. The van der Waals surface area contributed by atoms with Gasteiger partial charge in [0.25, 0.3) is 5.82 Å². The summed E-state index contributed by atoms with van der Waals surface area (Å²) in [6, 6.07) is 28.8. The molecule has 3 aromatic carbocycles. The summed E-state index contributed by atoms with van der Waals surface area (Å²) in [7, 11) is 0. The lowest BCUT2D eigenvalue weighted by Crippen LogP contribution is -2.41. The number of fused-ring (bicyclic) bond motifs is 1. The number of carbonyl (C=O) groups excluding carboxylic acids is 1. The molecule has 1 aromatic heterocycles. The number of hydrogen-bond acceptors (Lipinski definition) is 5. The molecule has 0 bridgehead atoms. The van der Waals surface area contributed by atoms with Gasteiger partial charge in [0.2, 0.25) is 0 Å². The lowest BCUT2D eigenvalue weighted by molar-refractivity contribution is -0.553. The molecule has 0 saturated heterocycles. The van der Waals surface area contributed by atoms with Crippen molar-refractivity contribution in [3.8, 4) is 5.69 Å². The average Bonchev–Trinajstić information content (AvgIpc) is 3.33. The molecule has 41 heavy (non-hydrogen) atoms. The van der Waals surface area contributed by atoms with Gasteiger partial charge in [-0.2, -0.15) is 17.7 Å². The SMILES string of the molecule is CCN(CC)c1cc(C=C2Sc3cccc4c3N2CCC4)c2ccccc2[n+]1-c1ccccc1.O=C([O-])C(F)(F)F. The number of para-hydroxylation sites is 3. The molecule has 0 N–H and O–H groups in total. The van der Waals surface area contributed by atoms with E-state index >= 15 is 0 Å². The number of nitrogens with zero attached hydrogens (tertiary/aromatic N) is 3. The number of halogens is 3. The molecule has 4 aromatic rings. The van der Waals surface area contributed by atoms with Crippen LogP contribution in [-0.2, 0) is 11.2 Å². The number of carboxylic acid groups (broad SMARTS) is 1. The van der Waals surface area contributed by atoms with Crippen molar-refractivity contribution < 1.29 is 27.6 Å². The Morgan fingerprint density at radius 2 is 1.71 bits per heavy atom. The van der Waals surface area contributed by atoms with E-state index in [0.29, 0.717) is 0 Å². The Balaban J connectivity index is 0.000000431. The van der Waals surface area contributed by atoms with Gasteiger partial charge in [-0.1, -0.05) is 60.3 Å². The molecular formula is C32H30F3N3O2S. The van der Waals surface area contributed by atoms with E-state index < -0.39 is 12.1 Å². The number of alkyl halides is 3. The van der Waals surface area contributed by atoms with Crippen LogP contribution in [0.5, 0.6) is 0 Å². The Bertz CT molecular complexity index is 1600. The van der Waals surface area contributed by atoms with Gasteiger partial charge < -0.3 is 14.8 Å². The van der Waals surface area contributed by atoms with Gasteiger partial charge in [0.1, 0.15) is 17.2 Å². The largest absolute Gasteiger partial charge is 0.542 e. The van der Waals surface area contributed by atoms with Crippen molar-refractivity contribution >= 4 is 46.2 Å². The summed E-state index contributed by atoms with van der Waals surface area (Å²) in [5.74, 6) is -1.77. The predicted octanol–water partition coefficient (Wildman–Crippen LogP) is 6.12. The Hall–Kier alpha value is -3.98. The first-order valence-electron chi connectivity index (χ1n) is 13.6. The summed E-state index contributed by atoms with van der Waals surface area (Å²) >= 11 is 1.92. The highest BCUT2D eigenvalue weighted by atomic mass is 32.2. The third-order valence-corrected chi connectivity index (χ3v) is 8.34. The number of aryl methyl sites for hydroxylation is 1. The van der Waals surface area contributed by atoms with Gasteiger partial charge in [-0.25, -0.2) is 0 Å². The van der Waals surface area contributed by atoms with Gasteiger partial charge in [0, 0.05) is 22.9 Å². The van der Waals surface area contributed by atoms with Crippen molar-refractivity contribution in [3.05, 3.63) is 95.0 Å². The van der Waals surface area contributed by atoms with E-state index in [0.717, 1.165) is 19.6 Å². The van der Waals surface area contributed by atoms with E-state index in [-0.39, 0.29) is 0 Å². The minimum atomic E-state index is -5.19. The zero-order valence-electron chi connectivity index (χ0n) is 22.8. The molecule has 0 amide bonds. The van der Waals surface area contributed by atoms with Gasteiger partial charge >= 0.3 is 6.18 Å². The zero-order chi connectivity index (χ0) is 29.1. The number of rotatable bonds is 5. The van der Waals surface area contributed by atoms with Crippen LogP contribution >= 0.6 is 11.8 Å². The van der Waals surface area contributed by atoms with Crippen LogP contribution in [-0.4, -0.2) is 31.8 Å². The summed E-state index contributed by atoms with van der Waals surface area (Å²) in [5.41, 5.74) is 6.65. The number of thioether (sulfide) groups is 1. The van der Waals surface area contributed by atoms with Crippen LogP contribution in [0.25, 0.3) is 22.7 Å². The summed E-state index contributed by atoms with van der Waals surface area (Å²) in [4.78, 5) is 15.2. The summed E-state index contributed by atoms with van der Waals surface area (Å²) in [5, 5.41) is 11.4. The molecule has 0 radical (unpaired) electrons. The van der Waals surface area contributed by atoms with Crippen molar-refractivity contribution in [1.82, 2.24) is 0 Å². The molecule has 0 unspecified atom stereocenters. The molecule has 5 nitrogen and oxygen atoms in total. The first-order chi connectivity index (χ1) is 19.7. The highest BCUT2D eigenvalue weighted by molar-refractivity contribution is 8.03. The Morgan fingerprint density at radius 1 is 1.02 bits per heavy atom. The molecule has 2 aliphatic heterocycles. The molecule has 0 saturated carbocycles. The first-order valence-corrected chi connectivity index (χ1v) is 14.4. The number of carbonyl (C=O) groups is 1. The average molecular weight is 578 g/mol. The Kier molecular flexibility index (Phi) is 8.26. The molecule has 3 heterocycles. The number of benzene rings is 3. The number of aliphatic carboxylic acids is 1. The normalized spacial score (nSPS) is 15.0. The molecule has 0 atom stereocenters. The molecule has 6 rings (SSSR count). The zero-order valence-corrected chi connectivity index (χ0v) is 23.6. The number of hydrogen-bond donors (Lipinski definition) is 0. The maximum atomic E-state index is 10.5. The number of aromatic nitrogens is 1. The van der Waals surface area contributed by atoms with E-state index in [1.165, 1.54) is 62.0 Å². The molecule has 2 aliphatic rings. The second-order valence-electron chi connectivity index (χ2n) is 9.71. The summed E-state index contributed by atoms with van der Waals surface area (Å²) < 4.78 is 34.0. The molecular weight excluding hydrogens is 547 g/mol. The predicted molar refractivity (Wildman–Crippen MR) is 156 cm³/mol. The lowest BCUT2D eigenvalue weighted by Gasteiger charge is -2.27. The van der Waals surface area contributed by atoms with Gasteiger partial charge in [0.05, 0.1) is 23.8 Å². The second kappa shape index (κ2) is 11.9. The standard InChI is InChI=1S/C30H30N3S.C2HF3O2/c1-3-31(4-2)28-20-23(21-29-32-19-11-13-22-12-10-18-27(34-29)30(22)32)25-16-8-9-17-26(25)33(28)24-14-6-5-7-15-24;3-2(4,5)1(6)7/h5-10,12,14-18,20-21H,3-4,11,13,19H2,1-2H3;(H,6,7)/q+1;/p-1. The number of anilines is 2. The van der Waals surface area contributed by atoms with Gasteiger partial charge in [-0.05, 0) is 68.2 Å². The smallest absolute Gasteiger partial charge is 0.430 e.